The molecule has 0 amide bonds. The molecule has 2 rings (SSSR count). The highest BCUT2D eigenvalue weighted by Gasteiger charge is 2.12. The average molecular weight is 343 g/mol. The van der Waals surface area contributed by atoms with E-state index in [1.54, 1.807) is 21.6 Å². The highest BCUT2D eigenvalue weighted by atomic mass is 35.5. The van der Waals surface area contributed by atoms with Gasteiger partial charge in [-0.05, 0) is 41.5 Å². The molecule has 0 aliphatic heterocycles. The summed E-state index contributed by atoms with van der Waals surface area (Å²) in [5.41, 5.74) is 0.911. The van der Waals surface area contributed by atoms with E-state index < -0.39 is 0 Å². The normalized spacial score (nSPS) is 11.0. The van der Waals surface area contributed by atoms with Crippen LogP contribution in [-0.4, -0.2) is 20.6 Å². The van der Waals surface area contributed by atoms with E-state index in [0.29, 0.717) is 10.8 Å². The number of hydrogen-bond acceptors (Lipinski definition) is 5. The fourth-order valence-corrected chi connectivity index (χ4v) is 3.95. The van der Waals surface area contributed by atoms with Crippen LogP contribution in [0.2, 0.25) is 5.02 Å². The fourth-order valence-electron chi connectivity index (χ4n) is 1.81. The lowest BCUT2D eigenvalue weighted by Gasteiger charge is -2.03. The van der Waals surface area contributed by atoms with Crippen LogP contribution in [0.4, 0.5) is 0 Å². The monoisotopic (exact) mass is 342 g/mol. The zero-order chi connectivity index (χ0) is 15.1. The Kier molecular flexibility index (Phi) is 6.73. The predicted octanol–water partition coefficient (Wildman–Crippen LogP) is 4.63. The van der Waals surface area contributed by atoms with Gasteiger partial charge in [0.25, 0.3) is 0 Å². The van der Waals surface area contributed by atoms with Gasteiger partial charge in [-0.2, -0.15) is 0 Å². The van der Waals surface area contributed by atoms with Crippen molar-refractivity contribution in [2.75, 3.05) is 11.6 Å². The summed E-state index contributed by atoms with van der Waals surface area (Å²) in [4.78, 5) is 0. The van der Waals surface area contributed by atoms with Gasteiger partial charge in [0.1, 0.15) is 0 Å². The quantitative estimate of drug-likeness (QED) is 0.430. The molecule has 0 saturated heterocycles. The van der Waals surface area contributed by atoms with Gasteiger partial charge in [0.2, 0.25) is 5.16 Å². The van der Waals surface area contributed by atoms with Crippen LogP contribution in [0, 0.1) is 0 Å². The van der Waals surface area contributed by atoms with Crippen molar-refractivity contribution in [3.63, 3.8) is 0 Å². The van der Waals surface area contributed by atoms with Crippen molar-refractivity contribution in [2.24, 2.45) is 0 Å². The molecule has 2 N–H and O–H groups in total. The van der Waals surface area contributed by atoms with E-state index in [1.165, 1.54) is 30.4 Å². The minimum absolute atomic E-state index is 0.653. The van der Waals surface area contributed by atoms with Gasteiger partial charge in [-0.3, -0.25) is 0 Å². The molecule has 21 heavy (non-hydrogen) atoms. The second kappa shape index (κ2) is 8.56. The largest absolute Gasteiger partial charge is 0.335 e. The molecular formula is C14H19ClN4S2. The van der Waals surface area contributed by atoms with Gasteiger partial charge in [-0.1, -0.05) is 48.6 Å². The molecule has 0 spiro atoms. The van der Waals surface area contributed by atoms with E-state index in [0.717, 1.165) is 16.5 Å². The van der Waals surface area contributed by atoms with Crippen LogP contribution in [0.3, 0.4) is 0 Å². The summed E-state index contributed by atoms with van der Waals surface area (Å²) < 4.78 is 1.53. The van der Waals surface area contributed by atoms with E-state index in [1.807, 2.05) is 24.3 Å². The maximum absolute atomic E-state index is 6.06. The van der Waals surface area contributed by atoms with Crippen LogP contribution < -0.4 is 5.84 Å². The number of halogens is 1. The second-order valence-electron chi connectivity index (χ2n) is 4.65. The highest BCUT2D eigenvalue weighted by Crippen LogP contribution is 2.31. The van der Waals surface area contributed by atoms with Gasteiger partial charge in [0, 0.05) is 16.3 Å². The number of hydrogen-bond donors (Lipinski definition) is 1. The first-order valence-electron chi connectivity index (χ1n) is 6.98. The molecule has 1 aromatic heterocycles. The number of nitrogens with zero attached hydrogens (tertiary/aromatic N) is 3. The maximum atomic E-state index is 6.06. The fraction of sp³-hybridized carbons (Fsp3) is 0.429. The molecular weight excluding hydrogens is 324 g/mol. The Hall–Kier alpha value is -0.850. The van der Waals surface area contributed by atoms with Gasteiger partial charge < -0.3 is 5.84 Å². The SMILES string of the molecule is CCCCCCSSc1nnc(-c2ccc(Cl)cc2)n1N. The zero-order valence-corrected chi connectivity index (χ0v) is 14.3. The van der Waals surface area contributed by atoms with Crippen molar-refractivity contribution < 1.29 is 0 Å². The first-order chi connectivity index (χ1) is 10.2. The molecule has 0 radical (unpaired) electrons. The maximum Gasteiger partial charge on any atom is 0.220 e. The van der Waals surface area contributed by atoms with E-state index in [9.17, 15) is 0 Å². The Bertz CT molecular complexity index is 557. The number of rotatable bonds is 8. The summed E-state index contributed by atoms with van der Waals surface area (Å²) in [6.07, 6.45) is 5.09. The third-order valence-corrected chi connectivity index (χ3v) is 5.53. The van der Waals surface area contributed by atoms with Gasteiger partial charge in [-0.25, -0.2) is 4.68 Å². The molecule has 2 aromatic rings. The number of nitrogens with two attached hydrogens (primary N) is 1. The molecule has 0 aliphatic rings. The van der Waals surface area contributed by atoms with Gasteiger partial charge in [0.15, 0.2) is 5.82 Å². The molecule has 1 heterocycles. The van der Waals surface area contributed by atoms with Gasteiger partial charge >= 0.3 is 0 Å². The molecule has 114 valence electrons. The minimum atomic E-state index is 0.653. The topological polar surface area (TPSA) is 56.7 Å². The van der Waals surface area contributed by atoms with Gasteiger partial charge in [0.05, 0.1) is 0 Å². The van der Waals surface area contributed by atoms with Crippen molar-refractivity contribution in [3.8, 4) is 11.4 Å². The average Bonchev–Trinajstić information content (AvgIpc) is 2.85. The summed E-state index contributed by atoms with van der Waals surface area (Å²) in [5.74, 6) is 7.82. The summed E-state index contributed by atoms with van der Waals surface area (Å²) in [6.45, 7) is 2.22. The molecule has 7 heteroatoms. The molecule has 0 fully saturated rings. The summed E-state index contributed by atoms with van der Waals surface area (Å²) in [6, 6.07) is 7.42. The standard InChI is InChI=1S/C14H19ClN4S2/c1-2-3-4-5-10-20-21-14-18-17-13(19(14)16)11-6-8-12(15)9-7-11/h6-9H,2-5,10,16H2,1H3. The van der Waals surface area contributed by atoms with Crippen LogP contribution in [-0.2, 0) is 0 Å². The molecule has 0 saturated carbocycles. The first kappa shape index (κ1) is 16.5. The van der Waals surface area contributed by atoms with E-state index >= 15 is 0 Å². The third-order valence-electron chi connectivity index (χ3n) is 2.98. The van der Waals surface area contributed by atoms with E-state index in [4.69, 9.17) is 17.4 Å². The summed E-state index contributed by atoms with van der Waals surface area (Å²) in [7, 11) is 3.35. The first-order valence-corrected chi connectivity index (χ1v) is 9.68. The second-order valence-corrected chi connectivity index (χ2v) is 7.47. The summed E-state index contributed by atoms with van der Waals surface area (Å²) >= 11 is 5.88. The lowest BCUT2D eigenvalue weighted by Crippen LogP contribution is -2.11. The Morgan fingerprint density at radius 1 is 1.14 bits per heavy atom. The molecule has 0 unspecified atom stereocenters. The lowest BCUT2D eigenvalue weighted by atomic mass is 10.2. The minimum Gasteiger partial charge on any atom is -0.335 e. The Morgan fingerprint density at radius 2 is 1.90 bits per heavy atom. The van der Waals surface area contributed by atoms with Crippen LogP contribution in [0.5, 0.6) is 0 Å². The summed E-state index contributed by atoms with van der Waals surface area (Å²) in [5, 5.41) is 9.72. The van der Waals surface area contributed by atoms with E-state index in [2.05, 4.69) is 17.1 Å². The Morgan fingerprint density at radius 3 is 2.62 bits per heavy atom. The smallest absolute Gasteiger partial charge is 0.220 e. The number of benzene rings is 1. The molecule has 0 aliphatic carbocycles. The Labute approximate surface area is 138 Å². The van der Waals surface area contributed by atoms with Crippen LogP contribution in [0.25, 0.3) is 11.4 Å². The number of unbranched alkanes of at least 4 members (excludes halogenated alkanes) is 3. The third kappa shape index (κ3) is 4.83. The van der Waals surface area contributed by atoms with Crippen molar-refractivity contribution in [2.45, 2.75) is 37.8 Å². The van der Waals surface area contributed by atoms with Crippen molar-refractivity contribution in [1.29, 1.82) is 0 Å². The predicted molar refractivity (Wildman–Crippen MR) is 93.1 cm³/mol. The van der Waals surface area contributed by atoms with Crippen molar-refractivity contribution in [3.05, 3.63) is 29.3 Å². The van der Waals surface area contributed by atoms with E-state index in [-0.39, 0.29) is 0 Å². The zero-order valence-electron chi connectivity index (χ0n) is 12.0. The lowest BCUT2D eigenvalue weighted by molar-refractivity contribution is 0.707. The van der Waals surface area contributed by atoms with Crippen molar-refractivity contribution >= 4 is 33.2 Å². The van der Waals surface area contributed by atoms with Crippen LogP contribution >= 0.6 is 33.2 Å². The van der Waals surface area contributed by atoms with Crippen LogP contribution in [0.15, 0.2) is 29.4 Å². The molecule has 0 bridgehead atoms. The molecule has 0 atom stereocenters. The van der Waals surface area contributed by atoms with Crippen molar-refractivity contribution in [1.82, 2.24) is 14.9 Å². The number of nitrogen functional groups attached to an aromatic ring is 1. The Balaban J connectivity index is 1.90. The number of aromatic nitrogens is 3. The molecule has 1 aromatic carbocycles. The highest BCUT2D eigenvalue weighted by molar-refractivity contribution is 8.76. The van der Waals surface area contributed by atoms with Crippen LogP contribution in [0.1, 0.15) is 32.6 Å². The molecule has 4 nitrogen and oxygen atoms in total. The van der Waals surface area contributed by atoms with Gasteiger partial charge in [-0.15, -0.1) is 10.2 Å².